The molecule has 0 bridgehead atoms. The molecule has 0 saturated carbocycles. The lowest BCUT2D eigenvalue weighted by Gasteiger charge is -2.34. The van der Waals surface area contributed by atoms with Gasteiger partial charge in [-0.3, -0.25) is 9.58 Å². The lowest BCUT2D eigenvalue weighted by atomic mass is 10.2. The van der Waals surface area contributed by atoms with E-state index in [0.717, 1.165) is 38.2 Å². The predicted molar refractivity (Wildman–Crippen MR) is 62.2 cm³/mol. The van der Waals surface area contributed by atoms with Crippen LogP contribution >= 0.6 is 15.9 Å². The number of hydrogen-bond acceptors (Lipinski definition) is 3. The molecule has 2 heterocycles. The van der Waals surface area contributed by atoms with Gasteiger partial charge in [-0.2, -0.15) is 5.10 Å². The lowest BCUT2D eigenvalue weighted by Crippen LogP contribution is -2.47. The van der Waals surface area contributed by atoms with Gasteiger partial charge in [0.25, 0.3) is 0 Å². The third-order valence-electron chi connectivity index (χ3n) is 2.70. The first-order valence-electron chi connectivity index (χ1n) is 5.25. The van der Waals surface area contributed by atoms with Crippen LogP contribution in [0.2, 0.25) is 0 Å². The highest BCUT2D eigenvalue weighted by Crippen LogP contribution is 2.09. The van der Waals surface area contributed by atoms with Crippen LogP contribution in [0.25, 0.3) is 0 Å². The molecule has 0 spiro atoms. The normalized spacial score (nSPS) is 23.1. The minimum absolute atomic E-state index is 0.509. The maximum Gasteiger partial charge on any atom is 0.0630 e. The third kappa shape index (κ3) is 3.03. The van der Waals surface area contributed by atoms with E-state index < -0.39 is 0 Å². The second-order valence-electron chi connectivity index (χ2n) is 3.69. The fourth-order valence-electron chi connectivity index (χ4n) is 1.79. The molecule has 1 atom stereocenters. The minimum Gasteiger partial charge on any atom is -0.378 e. The van der Waals surface area contributed by atoms with Crippen LogP contribution in [0.1, 0.15) is 0 Å². The molecule has 4 nitrogen and oxygen atoms in total. The molecule has 1 aromatic heterocycles. The van der Waals surface area contributed by atoms with E-state index in [1.54, 1.807) is 0 Å². The van der Waals surface area contributed by atoms with Crippen molar-refractivity contribution in [1.29, 1.82) is 0 Å². The van der Waals surface area contributed by atoms with E-state index in [2.05, 4.69) is 25.9 Å². The molecule has 0 amide bonds. The summed E-state index contributed by atoms with van der Waals surface area (Å²) in [6.45, 7) is 4.71. The van der Waals surface area contributed by atoms with Crippen LogP contribution in [-0.4, -0.2) is 52.4 Å². The number of aromatic nitrogens is 2. The summed E-state index contributed by atoms with van der Waals surface area (Å²) >= 11 is 3.53. The Morgan fingerprint density at radius 2 is 2.40 bits per heavy atom. The van der Waals surface area contributed by atoms with Crippen LogP contribution < -0.4 is 0 Å². The molecule has 2 rings (SSSR count). The van der Waals surface area contributed by atoms with Crippen LogP contribution in [0.15, 0.2) is 18.5 Å². The van der Waals surface area contributed by atoms with E-state index in [1.165, 1.54) is 0 Å². The van der Waals surface area contributed by atoms with Gasteiger partial charge in [-0.25, -0.2) is 0 Å². The standard InChI is InChI=1S/C10H16BrN3O/c11-8-10-9-15-7-6-13(10)4-5-14-3-1-2-12-14/h1-3,10H,4-9H2. The monoisotopic (exact) mass is 273 g/mol. The summed E-state index contributed by atoms with van der Waals surface area (Å²) in [4.78, 5) is 2.46. The second kappa shape index (κ2) is 5.63. The number of ether oxygens (including phenoxy) is 1. The summed E-state index contributed by atoms with van der Waals surface area (Å²) in [6.07, 6.45) is 3.82. The van der Waals surface area contributed by atoms with Gasteiger partial charge in [-0.05, 0) is 6.07 Å². The van der Waals surface area contributed by atoms with Gasteiger partial charge in [0.2, 0.25) is 0 Å². The van der Waals surface area contributed by atoms with E-state index in [9.17, 15) is 0 Å². The number of alkyl halides is 1. The van der Waals surface area contributed by atoms with Crippen LogP contribution in [0.4, 0.5) is 0 Å². The Morgan fingerprint density at radius 1 is 1.47 bits per heavy atom. The molecule has 1 aliphatic rings. The summed E-state index contributed by atoms with van der Waals surface area (Å²) in [7, 11) is 0. The molecule has 0 N–H and O–H groups in total. The summed E-state index contributed by atoms with van der Waals surface area (Å²) in [5.41, 5.74) is 0. The Hall–Kier alpha value is -0.390. The molecule has 0 radical (unpaired) electrons. The minimum atomic E-state index is 0.509. The number of nitrogens with zero attached hydrogens (tertiary/aromatic N) is 3. The van der Waals surface area contributed by atoms with Crippen LogP contribution in [0, 0.1) is 0 Å². The van der Waals surface area contributed by atoms with Crippen molar-refractivity contribution in [1.82, 2.24) is 14.7 Å². The van der Waals surface area contributed by atoms with Crippen molar-refractivity contribution in [2.24, 2.45) is 0 Å². The maximum atomic E-state index is 5.45. The third-order valence-corrected chi connectivity index (χ3v) is 3.45. The van der Waals surface area contributed by atoms with Crippen molar-refractivity contribution < 1.29 is 4.74 Å². The van der Waals surface area contributed by atoms with Crippen molar-refractivity contribution in [3.63, 3.8) is 0 Å². The Balaban J connectivity index is 1.81. The van der Waals surface area contributed by atoms with Gasteiger partial charge in [0.05, 0.1) is 19.8 Å². The number of hydrogen-bond donors (Lipinski definition) is 0. The largest absolute Gasteiger partial charge is 0.378 e. The van der Waals surface area contributed by atoms with Crippen LogP contribution in [-0.2, 0) is 11.3 Å². The van der Waals surface area contributed by atoms with Crippen molar-refractivity contribution in [2.45, 2.75) is 12.6 Å². The van der Waals surface area contributed by atoms with Gasteiger partial charge >= 0.3 is 0 Å². The highest BCUT2D eigenvalue weighted by Gasteiger charge is 2.21. The molecule has 1 unspecified atom stereocenters. The number of halogens is 1. The van der Waals surface area contributed by atoms with Crippen molar-refractivity contribution in [3.05, 3.63) is 18.5 Å². The number of rotatable bonds is 4. The van der Waals surface area contributed by atoms with Gasteiger partial charge in [0, 0.05) is 36.9 Å². The van der Waals surface area contributed by atoms with Gasteiger partial charge in [0.15, 0.2) is 0 Å². The first kappa shape index (κ1) is 11.1. The Labute approximate surface area is 98.3 Å². The maximum absolute atomic E-state index is 5.45. The molecule has 1 fully saturated rings. The lowest BCUT2D eigenvalue weighted by molar-refractivity contribution is 0.000184. The molecule has 1 aromatic rings. The number of morpholine rings is 1. The van der Waals surface area contributed by atoms with E-state index in [4.69, 9.17) is 4.74 Å². The molecular weight excluding hydrogens is 258 g/mol. The Morgan fingerprint density at radius 3 is 3.13 bits per heavy atom. The zero-order chi connectivity index (χ0) is 10.5. The zero-order valence-corrected chi connectivity index (χ0v) is 10.3. The average Bonchev–Trinajstić information content (AvgIpc) is 2.79. The summed E-state index contributed by atoms with van der Waals surface area (Å²) in [5.74, 6) is 0. The van der Waals surface area contributed by atoms with E-state index >= 15 is 0 Å². The Kier molecular flexibility index (Phi) is 4.17. The zero-order valence-electron chi connectivity index (χ0n) is 8.68. The average molecular weight is 274 g/mol. The van der Waals surface area contributed by atoms with Crippen molar-refractivity contribution in [2.75, 3.05) is 31.6 Å². The Bertz CT molecular complexity index is 278. The molecule has 0 aromatic carbocycles. The first-order chi connectivity index (χ1) is 7.40. The molecule has 5 heteroatoms. The summed E-state index contributed by atoms with van der Waals surface area (Å²) in [6, 6.07) is 2.47. The van der Waals surface area contributed by atoms with Crippen molar-refractivity contribution in [3.8, 4) is 0 Å². The highest BCUT2D eigenvalue weighted by molar-refractivity contribution is 9.09. The van der Waals surface area contributed by atoms with E-state index in [1.807, 2.05) is 23.1 Å². The van der Waals surface area contributed by atoms with Crippen LogP contribution in [0.3, 0.4) is 0 Å². The molecule has 1 aliphatic heterocycles. The molecule has 15 heavy (non-hydrogen) atoms. The van der Waals surface area contributed by atoms with Gasteiger partial charge in [-0.15, -0.1) is 0 Å². The van der Waals surface area contributed by atoms with E-state index in [0.29, 0.717) is 6.04 Å². The van der Waals surface area contributed by atoms with Crippen molar-refractivity contribution >= 4 is 15.9 Å². The predicted octanol–water partition coefficient (Wildman–Crippen LogP) is 0.979. The molecule has 0 aliphatic carbocycles. The van der Waals surface area contributed by atoms with Crippen LogP contribution in [0.5, 0.6) is 0 Å². The fourth-order valence-corrected chi connectivity index (χ4v) is 2.39. The van der Waals surface area contributed by atoms with Gasteiger partial charge in [0.1, 0.15) is 0 Å². The second-order valence-corrected chi connectivity index (χ2v) is 4.34. The summed E-state index contributed by atoms with van der Waals surface area (Å²) < 4.78 is 7.42. The van der Waals surface area contributed by atoms with E-state index in [-0.39, 0.29) is 0 Å². The van der Waals surface area contributed by atoms with Gasteiger partial charge in [-0.1, -0.05) is 15.9 Å². The molecule has 84 valence electrons. The summed E-state index contributed by atoms with van der Waals surface area (Å²) in [5, 5.41) is 5.18. The van der Waals surface area contributed by atoms with Gasteiger partial charge < -0.3 is 4.74 Å². The smallest absolute Gasteiger partial charge is 0.0630 e. The molecule has 1 saturated heterocycles. The highest BCUT2D eigenvalue weighted by atomic mass is 79.9. The topological polar surface area (TPSA) is 30.3 Å². The first-order valence-corrected chi connectivity index (χ1v) is 6.37. The quantitative estimate of drug-likeness (QED) is 0.767. The molecular formula is C10H16BrN3O. The fraction of sp³-hybridized carbons (Fsp3) is 0.700. The SMILES string of the molecule is BrCC1COCCN1CCn1cccn1.